The number of nitrogens with zero attached hydrogens (tertiary/aromatic N) is 1. The number of carboxylic acids is 1. The van der Waals surface area contributed by atoms with Crippen LogP contribution < -0.4 is 5.32 Å². The Kier molecular flexibility index (Phi) is 4.47. The number of carboxylic acid groups (broad SMARTS) is 1. The van der Waals surface area contributed by atoms with Gasteiger partial charge in [-0.25, -0.2) is 13.6 Å². The highest BCUT2D eigenvalue weighted by Crippen LogP contribution is 2.10. The number of pyridine rings is 1. The molecule has 0 bridgehead atoms. The zero-order valence-electron chi connectivity index (χ0n) is 8.86. The summed E-state index contributed by atoms with van der Waals surface area (Å²) in [6.45, 7) is -1.80. The van der Waals surface area contributed by atoms with Crippen LogP contribution in [-0.4, -0.2) is 40.2 Å². The minimum absolute atomic E-state index is 0.0365. The summed E-state index contributed by atoms with van der Waals surface area (Å²) in [5, 5.41) is 19.3. The van der Waals surface area contributed by atoms with E-state index in [-0.39, 0.29) is 12.1 Å². The van der Waals surface area contributed by atoms with Crippen LogP contribution in [0.25, 0.3) is 0 Å². The molecule has 3 N–H and O–H groups in total. The maximum Gasteiger partial charge on any atom is 0.337 e. The SMILES string of the molecule is O=C(O)c1ccc(CNCC(F)(F)CO)nc1. The number of carbonyl (C=O) groups is 1. The lowest BCUT2D eigenvalue weighted by Crippen LogP contribution is -2.35. The zero-order chi connectivity index (χ0) is 12.9. The van der Waals surface area contributed by atoms with Gasteiger partial charge in [0.15, 0.2) is 0 Å². The topological polar surface area (TPSA) is 82.5 Å². The molecule has 17 heavy (non-hydrogen) atoms. The number of alkyl halides is 2. The summed E-state index contributed by atoms with van der Waals surface area (Å²) >= 11 is 0. The van der Waals surface area contributed by atoms with Gasteiger partial charge in [0.05, 0.1) is 17.8 Å². The molecule has 1 heterocycles. The van der Waals surface area contributed by atoms with Gasteiger partial charge in [-0.3, -0.25) is 4.98 Å². The lowest BCUT2D eigenvalue weighted by Gasteiger charge is -2.13. The van der Waals surface area contributed by atoms with Gasteiger partial charge >= 0.3 is 5.97 Å². The first kappa shape index (κ1) is 13.5. The molecule has 0 amide bonds. The van der Waals surface area contributed by atoms with Gasteiger partial charge in [-0.15, -0.1) is 0 Å². The zero-order valence-corrected chi connectivity index (χ0v) is 8.86. The molecule has 0 saturated heterocycles. The van der Waals surface area contributed by atoms with Crippen LogP contribution in [0, 0.1) is 0 Å². The molecule has 0 aliphatic heterocycles. The van der Waals surface area contributed by atoms with Crippen molar-refractivity contribution in [1.29, 1.82) is 0 Å². The number of aromatic carboxylic acids is 1. The molecule has 0 unspecified atom stereocenters. The van der Waals surface area contributed by atoms with Crippen molar-refractivity contribution in [2.45, 2.75) is 12.5 Å². The summed E-state index contributed by atoms with van der Waals surface area (Å²) < 4.78 is 25.2. The Morgan fingerprint density at radius 1 is 1.47 bits per heavy atom. The second-order valence-corrected chi connectivity index (χ2v) is 3.46. The standard InChI is InChI=1S/C10H12F2N2O3/c11-10(12,6-15)5-13-4-8-2-1-7(3-14-8)9(16)17/h1-3,13,15H,4-6H2,(H,16,17). The van der Waals surface area contributed by atoms with Gasteiger partial charge in [0.2, 0.25) is 0 Å². The molecule has 5 nitrogen and oxygen atoms in total. The van der Waals surface area contributed by atoms with Gasteiger partial charge in [0.1, 0.15) is 6.61 Å². The van der Waals surface area contributed by atoms with Crippen LogP contribution in [0.1, 0.15) is 16.1 Å². The van der Waals surface area contributed by atoms with Crippen LogP contribution in [-0.2, 0) is 6.54 Å². The number of aromatic nitrogens is 1. The lowest BCUT2D eigenvalue weighted by atomic mass is 10.2. The Hall–Kier alpha value is -1.60. The van der Waals surface area contributed by atoms with Crippen molar-refractivity contribution in [3.05, 3.63) is 29.6 Å². The summed E-state index contributed by atoms with van der Waals surface area (Å²) in [5.41, 5.74) is 0.484. The van der Waals surface area contributed by atoms with Gasteiger partial charge in [0, 0.05) is 12.7 Å². The van der Waals surface area contributed by atoms with Crippen LogP contribution in [0.5, 0.6) is 0 Å². The van der Waals surface area contributed by atoms with E-state index >= 15 is 0 Å². The molecule has 0 aromatic carbocycles. The molecule has 0 spiro atoms. The fraction of sp³-hybridized carbons (Fsp3) is 0.400. The molecule has 1 aromatic rings. The van der Waals surface area contributed by atoms with Gasteiger partial charge < -0.3 is 15.5 Å². The molecule has 0 radical (unpaired) electrons. The quantitative estimate of drug-likeness (QED) is 0.680. The number of rotatable bonds is 6. The Morgan fingerprint density at radius 3 is 2.65 bits per heavy atom. The number of halogens is 2. The van der Waals surface area contributed by atoms with Crippen molar-refractivity contribution >= 4 is 5.97 Å². The molecule has 0 saturated carbocycles. The summed E-state index contributed by atoms with van der Waals surface area (Å²) in [6, 6.07) is 2.78. The second-order valence-electron chi connectivity index (χ2n) is 3.46. The van der Waals surface area contributed by atoms with Crippen molar-refractivity contribution in [2.75, 3.05) is 13.2 Å². The van der Waals surface area contributed by atoms with E-state index < -0.39 is 25.0 Å². The lowest BCUT2D eigenvalue weighted by molar-refractivity contribution is -0.0478. The van der Waals surface area contributed by atoms with E-state index in [2.05, 4.69) is 10.3 Å². The number of aliphatic hydroxyl groups excluding tert-OH is 1. The van der Waals surface area contributed by atoms with E-state index in [1.165, 1.54) is 12.1 Å². The average molecular weight is 246 g/mol. The molecular weight excluding hydrogens is 234 g/mol. The van der Waals surface area contributed by atoms with Gasteiger partial charge in [-0.2, -0.15) is 0 Å². The van der Waals surface area contributed by atoms with Crippen LogP contribution in [0.15, 0.2) is 18.3 Å². The Labute approximate surface area is 96.1 Å². The number of aliphatic hydroxyl groups is 1. The van der Waals surface area contributed by atoms with Gasteiger partial charge in [0.25, 0.3) is 5.92 Å². The highest BCUT2D eigenvalue weighted by molar-refractivity contribution is 5.87. The second kappa shape index (κ2) is 5.65. The Morgan fingerprint density at radius 2 is 2.18 bits per heavy atom. The summed E-state index contributed by atoms with van der Waals surface area (Å²) in [5.74, 6) is -4.26. The first-order valence-electron chi connectivity index (χ1n) is 4.82. The highest BCUT2D eigenvalue weighted by Gasteiger charge is 2.26. The number of hydrogen-bond donors (Lipinski definition) is 3. The predicted molar refractivity (Wildman–Crippen MR) is 54.9 cm³/mol. The van der Waals surface area contributed by atoms with Crippen LogP contribution in [0.4, 0.5) is 8.78 Å². The summed E-state index contributed by atoms with van der Waals surface area (Å²) in [4.78, 5) is 14.3. The Bertz CT molecular complexity index is 382. The number of nitrogens with one attached hydrogen (secondary N) is 1. The van der Waals surface area contributed by atoms with E-state index in [0.29, 0.717) is 5.69 Å². The van der Waals surface area contributed by atoms with Crippen LogP contribution in [0.3, 0.4) is 0 Å². The van der Waals surface area contributed by atoms with Crippen molar-refractivity contribution in [2.24, 2.45) is 0 Å². The minimum Gasteiger partial charge on any atom is -0.478 e. The molecular formula is C10H12F2N2O3. The number of hydrogen-bond acceptors (Lipinski definition) is 4. The van der Waals surface area contributed by atoms with Crippen molar-refractivity contribution in [3.8, 4) is 0 Å². The van der Waals surface area contributed by atoms with E-state index in [0.717, 1.165) is 6.20 Å². The highest BCUT2D eigenvalue weighted by atomic mass is 19.3. The smallest absolute Gasteiger partial charge is 0.337 e. The Balaban J connectivity index is 2.45. The molecule has 1 rings (SSSR count). The molecule has 7 heteroatoms. The van der Waals surface area contributed by atoms with E-state index in [9.17, 15) is 13.6 Å². The molecule has 0 aliphatic rings. The third kappa shape index (κ3) is 4.41. The van der Waals surface area contributed by atoms with Crippen molar-refractivity contribution < 1.29 is 23.8 Å². The molecule has 94 valence electrons. The van der Waals surface area contributed by atoms with Gasteiger partial charge in [-0.05, 0) is 12.1 Å². The summed E-state index contributed by atoms with van der Waals surface area (Å²) in [7, 11) is 0. The largest absolute Gasteiger partial charge is 0.478 e. The predicted octanol–water partition coefficient (Wildman–Crippen LogP) is 0.497. The van der Waals surface area contributed by atoms with E-state index in [4.69, 9.17) is 10.2 Å². The van der Waals surface area contributed by atoms with Gasteiger partial charge in [-0.1, -0.05) is 0 Å². The minimum atomic E-state index is -3.17. The maximum absolute atomic E-state index is 12.6. The fourth-order valence-electron chi connectivity index (χ4n) is 1.08. The van der Waals surface area contributed by atoms with Crippen LogP contribution >= 0.6 is 0 Å². The van der Waals surface area contributed by atoms with E-state index in [1.807, 2.05) is 0 Å². The van der Waals surface area contributed by atoms with Crippen LogP contribution in [0.2, 0.25) is 0 Å². The molecule has 0 aliphatic carbocycles. The monoisotopic (exact) mass is 246 g/mol. The first-order chi connectivity index (χ1) is 7.94. The summed E-state index contributed by atoms with van der Waals surface area (Å²) in [6.07, 6.45) is 1.16. The van der Waals surface area contributed by atoms with E-state index in [1.54, 1.807) is 0 Å². The third-order valence-electron chi connectivity index (χ3n) is 1.99. The third-order valence-corrected chi connectivity index (χ3v) is 1.99. The van der Waals surface area contributed by atoms with Crippen molar-refractivity contribution in [1.82, 2.24) is 10.3 Å². The first-order valence-corrected chi connectivity index (χ1v) is 4.82. The molecule has 1 aromatic heterocycles. The fourth-order valence-corrected chi connectivity index (χ4v) is 1.08. The molecule has 0 atom stereocenters. The average Bonchev–Trinajstić information content (AvgIpc) is 2.29. The maximum atomic E-state index is 12.6. The normalized spacial score (nSPS) is 11.5. The molecule has 0 fully saturated rings. The van der Waals surface area contributed by atoms with Crippen molar-refractivity contribution in [3.63, 3.8) is 0 Å².